The number of hydrogen-bond donors (Lipinski definition) is 0. The van der Waals surface area contributed by atoms with E-state index >= 15 is 0 Å². The first-order chi connectivity index (χ1) is 13.3. The molecule has 0 radical (unpaired) electrons. The number of benzene rings is 2. The molecule has 0 spiro atoms. The van der Waals surface area contributed by atoms with Crippen LogP contribution in [0.15, 0.2) is 30.3 Å². The van der Waals surface area contributed by atoms with Gasteiger partial charge in [-0.2, -0.15) is 0 Å². The molecule has 0 aliphatic carbocycles. The molecule has 1 aliphatic rings. The highest BCUT2D eigenvalue weighted by molar-refractivity contribution is 6.30. The standard InChI is InChI=1S/C23H29ClN2O2/c1-15-12-17(3)18(4)22(13-15)28-19(5)23(27)26-10-8-25(9-11-26)21-14-20(24)7-6-16(21)2/h6-7,12-14,19H,8-11H2,1-5H3/t19-/m1/s1. The number of amides is 1. The number of piperazine rings is 1. The number of rotatable bonds is 4. The molecule has 4 nitrogen and oxygen atoms in total. The van der Waals surface area contributed by atoms with E-state index in [1.165, 1.54) is 11.1 Å². The van der Waals surface area contributed by atoms with Gasteiger partial charge in [0.2, 0.25) is 0 Å². The van der Waals surface area contributed by atoms with Crippen LogP contribution in [-0.2, 0) is 4.79 Å². The SMILES string of the molecule is Cc1cc(C)c(C)c(O[C@H](C)C(=O)N2CCN(c3cc(Cl)ccc3C)CC2)c1. The highest BCUT2D eigenvalue weighted by atomic mass is 35.5. The highest BCUT2D eigenvalue weighted by Gasteiger charge is 2.27. The van der Waals surface area contributed by atoms with E-state index in [1.54, 1.807) is 0 Å². The Morgan fingerprint density at radius 3 is 2.36 bits per heavy atom. The van der Waals surface area contributed by atoms with Gasteiger partial charge < -0.3 is 14.5 Å². The van der Waals surface area contributed by atoms with Crippen LogP contribution in [0.25, 0.3) is 0 Å². The number of anilines is 1. The van der Waals surface area contributed by atoms with E-state index < -0.39 is 6.10 Å². The van der Waals surface area contributed by atoms with E-state index in [0.29, 0.717) is 13.1 Å². The average Bonchev–Trinajstić information content (AvgIpc) is 2.67. The Kier molecular flexibility index (Phi) is 6.19. The van der Waals surface area contributed by atoms with Crippen molar-refractivity contribution in [2.45, 2.75) is 40.7 Å². The summed E-state index contributed by atoms with van der Waals surface area (Å²) >= 11 is 6.16. The summed E-state index contributed by atoms with van der Waals surface area (Å²) in [6.45, 7) is 13.0. The Balaban J connectivity index is 1.63. The lowest BCUT2D eigenvalue weighted by Crippen LogP contribution is -2.52. The van der Waals surface area contributed by atoms with Crippen molar-refractivity contribution in [2.75, 3.05) is 31.1 Å². The Morgan fingerprint density at radius 2 is 1.68 bits per heavy atom. The van der Waals surface area contributed by atoms with Gasteiger partial charge in [-0.05, 0) is 75.1 Å². The Bertz CT molecular complexity index is 873. The van der Waals surface area contributed by atoms with Gasteiger partial charge in [0.15, 0.2) is 6.10 Å². The highest BCUT2D eigenvalue weighted by Crippen LogP contribution is 2.27. The van der Waals surface area contributed by atoms with Crippen LogP contribution in [0.2, 0.25) is 5.02 Å². The quantitative estimate of drug-likeness (QED) is 0.746. The first kappa shape index (κ1) is 20.5. The zero-order valence-electron chi connectivity index (χ0n) is 17.4. The van der Waals surface area contributed by atoms with E-state index in [2.05, 4.69) is 24.8 Å². The van der Waals surface area contributed by atoms with Crippen LogP contribution in [0.5, 0.6) is 5.75 Å². The predicted molar refractivity (Wildman–Crippen MR) is 116 cm³/mol. The molecule has 0 N–H and O–H groups in total. The van der Waals surface area contributed by atoms with Gasteiger partial charge in [-0.15, -0.1) is 0 Å². The Hall–Kier alpha value is -2.20. The Morgan fingerprint density at radius 1 is 1.00 bits per heavy atom. The summed E-state index contributed by atoms with van der Waals surface area (Å²) in [5.74, 6) is 0.840. The minimum Gasteiger partial charge on any atom is -0.481 e. The summed E-state index contributed by atoms with van der Waals surface area (Å²) < 4.78 is 6.05. The van der Waals surface area contributed by atoms with Crippen LogP contribution >= 0.6 is 11.6 Å². The number of halogens is 1. The monoisotopic (exact) mass is 400 g/mol. The van der Waals surface area contributed by atoms with Crippen molar-refractivity contribution in [3.05, 3.63) is 57.6 Å². The maximum Gasteiger partial charge on any atom is 0.263 e. The number of carbonyl (C=O) groups excluding carboxylic acids is 1. The fourth-order valence-corrected chi connectivity index (χ4v) is 3.88. The summed E-state index contributed by atoms with van der Waals surface area (Å²) in [6, 6.07) is 10.1. The van der Waals surface area contributed by atoms with E-state index in [4.69, 9.17) is 16.3 Å². The molecule has 0 saturated carbocycles. The molecule has 2 aromatic carbocycles. The average molecular weight is 401 g/mol. The van der Waals surface area contributed by atoms with Gasteiger partial charge in [0, 0.05) is 36.9 Å². The van der Waals surface area contributed by atoms with E-state index in [-0.39, 0.29) is 5.91 Å². The summed E-state index contributed by atoms with van der Waals surface area (Å²) in [5.41, 5.74) is 5.76. The second-order valence-corrected chi connectivity index (χ2v) is 8.14. The van der Waals surface area contributed by atoms with Crippen molar-refractivity contribution in [3.8, 4) is 5.75 Å². The lowest BCUT2D eigenvalue weighted by Gasteiger charge is -2.37. The zero-order chi connectivity index (χ0) is 20.4. The third-order valence-corrected chi connectivity index (χ3v) is 5.75. The number of hydrogen-bond acceptors (Lipinski definition) is 3. The van der Waals surface area contributed by atoms with Crippen molar-refractivity contribution in [1.82, 2.24) is 4.90 Å². The van der Waals surface area contributed by atoms with Crippen LogP contribution < -0.4 is 9.64 Å². The molecule has 0 aromatic heterocycles. The fraction of sp³-hybridized carbons (Fsp3) is 0.435. The molecule has 2 aromatic rings. The lowest BCUT2D eigenvalue weighted by atomic mass is 10.1. The fourth-order valence-electron chi connectivity index (χ4n) is 3.71. The maximum absolute atomic E-state index is 12.9. The smallest absolute Gasteiger partial charge is 0.263 e. The van der Waals surface area contributed by atoms with Gasteiger partial charge in [0.1, 0.15) is 5.75 Å². The van der Waals surface area contributed by atoms with Crippen molar-refractivity contribution < 1.29 is 9.53 Å². The van der Waals surface area contributed by atoms with Crippen LogP contribution in [0, 0.1) is 27.7 Å². The first-order valence-electron chi connectivity index (χ1n) is 9.80. The normalized spacial score (nSPS) is 15.5. The molecule has 3 rings (SSSR count). The summed E-state index contributed by atoms with van der Waals surface area (Å²) in [5, 5.41) is 0.741. The molecule has 1 saturated heterocycles. The van der Waals surface area contributed by atoms with Crippen LogP contribution in [0.1, 0.15) is 29.2 Å². The largest absolute Gasteiger partial charge is 0.481 e. The van der Waals surface area contributed by atoms with Gasteiger partial charge in [0.25, 0.3) is 5.91 Å². The predicted octanol–water partition coefficient (Wildman–Crippen LogP) is 4.69. The molecule has 28 heavy (non-hydrogen) atoms. The minimum atomic E-state index is -0.501. The molecule has 0 unspecified atom stereocenters. The molecule has 1 heterocycles. The third kappa shape index (κ3) is 4.44. The minimum absolute atomic E-state index is 0.0426. The van der Waals surface area contributed by atoms with Crippen molar-refractivity contribution in [2.24, 2.45) is 0 Å². The molecular formula is C23H29ClN2O2. The van der Waals surface area contributed by atoms with Crippen LogP contribution in [0.4, 0.5) is 5.69 Å². The van der Waals surface area contributed by atoms with Gasteiger partial charge in [-0.3, -0.25) is 4.79 Å². The van der Waals surface area contributed by atoms with Gasteiger partial charge in [-0.25, -0.2) is 0 Å². The lowest BCUT2D eigenvalue weighted by molar-refractivity contribution is -0.138. The van der Waals surface area contributed by atoms with E-state index in [0.717, 1.165) is 40.7 Å². The number of carbonyl (C=O) groups is 1. The topological polar surface area (TPSA) is 32.8 Å². The third-order valence-electron chi connectivity index (χ3n) is 5.52. The maximum atomic E-state index is 12.9. The molecular weight excluding hydrogens is 372 g/mol. The number of nitrogens with zero attached hydrogens (tertiary/aromatic N) is 2. The second kappa shape index (κ2) is 8.44. The van der Waals surface area contributed by atoms with Gasteiger partial charge >= 0.3 is 0 Å². The van der Waals surface area contributed by atoms with Crippen LogP contribution in [-0.4, -0.2) is 43.1 Å². The van der Waals surface area contributed by atoms with E-state index in [1.807, 2.05) is 49.9 Å². The molecule has 1 aliphatic heterocycles. The zero-order valence-corrected chi connectivity index (χ0v) is 18.1. The van der Waals surface area contributed by atoms with Crippen molar-refractivity contribution in [1.29, 1.82) is 0 Å². The number of ether oxygens (including phenoxy) is 1. The molecule has 1 fully saturated rings. The molecule has 150 valence electrons. The summed E-state index contributed by atoms with van der Waals surface area (Å²) in [7, 11) is 0. The molecule has 5 heteroatoms. The summed E-state index contributed by atoms with van der Waals surface area (Å²) in [4.78, 5) is 17.1. The van der Waals surface area contributed by atoms with E-state index in [9.17, 15) is 4.79 Å². The molecule has 0 bridgehead atoms. The van der Waals surface area contributed by atoms with Crippen molar-refractivity contribution >= 4 is 23.2 Å². The Labute approximate surface area is 173 Å². The van der Waals surface area contributed by atoms with Crippen LogP contribution in [0.3, 0.4) is 0 Å². The van der Waals surface area contributed by atoms with Gasteiger partial charge in [0.05, 0.1) is 0 Å². The van der Waals surface area contributed by atoms with Crippen molar-refractivity contribution in [3.63, 3.8) is 0 Å². The first-order valence-corrected chi connectivity index (χ1v) is 10.2. The summed E-state index contributed by atoms with van der Waals surface area (Å²) in [6.07, 6.45) is -0.501. The second-order valence-electron chi connectivity index (χ2n) is 7.71. The number of aryl methyl sites for hydroxylation is 3. The molecule has 1 amide bonds. The molecule has 1 atom stereocenters. The van der Waals surface area contributed by atoms with Gasteiger partial charge in [-0.1, -0.05) is 23.7 Å².